The second kappa shape index (κ2) is 8.22. The van der Waals surface area contributed by atoms with Crippen molar-refractivity contribution in [1.82, 2.24) is 4.98 Å². The van der Waals surface area contributed by atoms with Crippen LogP contribution in [0.4, 0.5) is 11.4 Å². The summed E-state index contributed by atoms with van der Waals surface area (Å²) < 4.78 is 5.38. The number of anilines is 2. The summed E-state index contributed by atoms with van der Waals surface area (Å²) in [7, 11) is 0. The number of aliphatic carboxylic acids is 1. The number of carbonyl (C=O) groups is 1. The van der Waals surface area contributed by atoms with Crippen LogP contribution in [0.5, 0.6) is 0 Å². The third-order valence-corrected chi connectivity index (χ3v) is 4.35. The lowest BCUT2D eigenvalue weighted by Crippen LogP contribution is -2.36. The Bertz CT molecular complexity index is 735. The minimum absolute atomic E-state index is 0.252. The van der Waals surface area contributed by atoms with Gasteiger partial charge < -0.3 is 31.2 Å². The number of carboxylic acids is 1. The zero-order valence-electron chi connectivity index (χ0n) is 15.1. The number of fused-ring (bicyclic) bond motifs is 1. The Morgan fingerprint density at radius 2 is 2.00 bits per heavy atom. The number of nitrogens with zero attached hydrogens (tertiary/aromatic N) is 1. The SMILES string of the molecule is CC.Cc1[nH]c2cc(N3CCOCC3)cc(N)c2c1CC(N)C(=O)O. The Morgan fingerprint density at radius 3 is 2.60 bits per heavy atom. The lowest BCUT2D eigenvalue weighted by atomic mass is 10.0. The van der Waals surface area contributed by atoms with Crippen molar-refractivity contribution in [3.63, 3.8) is 0 Å². The van der Waals surface area contributed by atoms with Gasteiger partial charge in [0.05, 0.1) is 18.7 Å². The van der Waals surface area contributed by atoms with Gasteiger partial charge in [0.15, 0.2) is 0 Å². The van der Waals surface area contributed by atoms with E-state index < -0.39 is 12.0 Å². The van der Waals surface area contributed by atoms with E-state index in [-0.39, 0.29) is 6.42 Å². The molecule has 0 saturated carbocycles. The van der Waals surface area contributed by atoms with E-state index in [1.54, 1.807) is 0 Å². The minimum Gasteiger partial charge on any atom is -0.480 e. The highest BCUT2D eigenvalue weighted by Crippen LogP contribution is 2.33. The Kier molecular flexibility index (Phi) is 6.27. The fourth-order valence-electron chi connectivity index (χ4n) is 3.12. The number of H-pyrrole nitrogens is 1. The highest BCUT2D eigenvalue weighted by atomic mass is 16.5. The molecule has 1 unspecified atom stereocenters. The number of nitrogen functional groups attached to an aromatic ring is 1. The molecule has 0 aliphatic carbocycles. The summed E-state index contributed by atoms with van der Waals surface area (Å²) in [6.07, 6.45) is 0.252. The summed E-state index contributed by atoms with van der Waals surface area (Å²) in [4.78, 5) is 16.6. The van der Waals surface area contributed by atoms with Crippen LogP contribution in [-0.2, 0) is 16.0 Å². The molecule has 2 heterocycles. The standard InChI is InChI=1S/C16H22N4O3.C2H6/c1-9-11(8-13(18)16(21)22)15-12(17)6-10(7-14(15)19-9)20-2-4-23-5-3-20;1-2/h6-7,13,19H,2-5,8,17-18H2,1H3,(H,21,22);1-2H3. The molecule has 1 saturated heterocycles. The fraction of sp³-hybridized carbons (Fsp3) is 0.500. The molecule has 0 spiro atoms. The molecule has 6 N–H and O–H groups in total. The van der Waals surface area contributed by atoms with Crippen LogP contribution in [-0.4, -0.2) is 48.4 Å². The highest BCUT2D eigenvalue weighted by Gasteiger charge is 2.20. The summed E-state index contributed by atoms with van der Waals surface area (Å²) in [6, 6.07) is 3.06. The molecule has 1 aromatic carbocycles. The number of rotatable bonds is 4. The van der Waals surface area contributed by atoms with Gasteiger partial charge in [-0.3, -0.25) is 4.79 Å². The maximum atomic E-state index is 11.0. The second-order valence-corrected chi connectivity index (χ2v) is 5.93. The first-order chi connectivity index (χ1) is 12.0. The van der Waals surface area contributed by atoms with Crippen molar-refractivity contribution in [2.24, 2.45) is 5.73 Å². The number of aryl methyl sites for hydroxylation is 1. The summed E-state index contributed by atoms with van der Waals surface area (Å²) in [5.41, 5.74) is 16.3. The number of aromatic nitrogens is 1. The molecule has 2 aromatic rings. The maximum absolute atomic E-state index is 11.0. The summed E-state index contributed by atoms with van der Waals surface area (Å²) >= 11 is 0. The first-order valence-electron chi connectivity index (χ1n) is 8.69. The Labute approximate surface area is 147 Å². The number of hydrogen-bond acceptors (Lipinski definition) is 5. The normalized spacial score (nSPS) is 15.6. The number of ether oxygens (including phenoxy) is 1. The molecule has 7 heteroatoms. The molecule has 1 aliphatic rings. The number of aromatic amines is 1. The van der Waals surface area contributed by atoms with E-state index in [1.807, 2.05) is 26.8 Å². The topological polar surface area (TPSA) is 118 Å². The molecule has 3 rings (SSSR count). The molecule has 1 aliphatic heterocycles. The molecule has 0 amide bonds. The van der Waals surface area contributed by atoms with E-state index in [0.717, 1.165) is 40.9 Å². The third-order valence-electron chi connectivity index (χ3n) is 4.35. The summed E-state index contributed by atoms with van der Waals surface area (Å²) in [6.45, 7) is 9.00. The van der Waals surface area contributed by atoms with Gasteiger partial charge in [0, 0.05) is 42.0 Å². The van der Waals surface area contributed by atoms with Gasteiger partial charge in [-0.1, -0.05) is 13.8 Å². The molecule has 25 heavy (non-hydrogen) atoms. The van der Waals surface area contributed by atoms with Gasteiger partial charge in [0.1, 0.15) is 6.04 Å². The van der Waals surface area contributed by atoms with Gasteiger partial charge in [-0.15, -0.1) is 0 Å². The molecule has 138 valence electrons. The van der Waals surface area contributed by atoms with Crippen molar-refractivity contribution < 1.29 is 14.6 Å². The van der Waals surface area contributed by atoms with Crippen LogP contribution < -0.4 is 16.4 Å². The third kappa shape index (κ3) is 4.05. The van der Waals surface area contributed by atoms with Gasteiger partial charge in [-0.2, -0.15) is 0 Å². The lowest BCUT2D eigenvalue weighted by molar-refractivity contribution is -0.138. The van der Waals surface area contributed by atoms with Gasteiger partial charge >= 0.3 is 5.97 Å². The van der Waals surface area contributed by atoms with E-state index in [2.05, 4.69) is 16.0 Å². The van der Waals surface area contributed by atoms with Gasteiger partial charge in [0.25, 0.3) is 0 Å². The molecule has 1 fully saturated rings. The van der Waals surface area contributed by atoms with Crippen molar-refractivity contribution >= 4 is 28.2 Å². The first kappa shape index (κ1) is 19.1. The van der Waals surface area contributed by atoms with Crippen molar-refractivity contribution in [2.45, 2.75) is 33.2 Å². The number of morpholine rings is 1. The molecule has 1 aromatic heterocycles. The van der Waals surface area contributed by atoms with Crippen molar-refractivity contribution in [3.05, 3.63) is 23.4 Å². The second-order valence-electron chi connectivity index (χ2n) is 5.93. The van der Waals surface area contributed by atoms with E-state index >= 15 is 0 Å². The van der Waals surface area contributed by atoms with Crippen molar-refractivity contribution in [1.29, 1.82) is 0 Å². The van der Waals surface area contributed by atoms with Crippen LogP contribution in [0.3, 0.4) is 0 Å². The number of nitrogens with one attached hydrogen (secondary N) is 1. The van der Waals surface area contributed by atoms with E-state index in [9.17, 15) is 4.79 Å². The Hall–Kier alpha value is -2.25. The summed E-state index contributed by atoms with van der Waals surface area (Å²) in [5.74, 6) is -1.01. The number of nitrogens with two attached hydrogens (primary N) is 2. The number of benzene rings is 1. The van der Waals surface area contributed by atoms with E-state index in [0.29, 0.717) is 18.9 Å². The van der Waals surface area contributed by atoms with Gasteiger partial charge in [-0.05, 0) is 24.6 Å². The zero-order valence-corrected chi connectivity index (χ0v) is 15.1. The monoisotopic (exact) mass is 348 g/mol. The minimum atomic E-state index is -1.01. The quantitative estimate of drug-likeness (QED) is 0.627. The fourth-order valence-corrected chi connectivity index (χ4v) is 3.12. The van der Waals surface area contributed by atoms with Crippen LogP contribution in [0.15, 0.2) is 12.1 Å². The molecule has 0 bridgehead atoms. The van der Waals surface area contributed by atoms with Crippen LogP contribution in [0.25, 0.3) is 10.9 Å². The lowest BCUT2D eigenvalue weighted by Gasteiger charge is -2.29. The van der Waals surface area contributed by atoms with Crippen molar-refractivity contribution in [3.8, 4) is 0 Å². The van der Waals surface area contributed by atoms with Crippen LogP contribution in [0, 0.1) is 6.92 Å². The molecular formula is C18H28N4O3. The predicted molar refractivity (Wildman–Crippen MR) is 101 cm³/mol. The van der Waals surface area contributed by atoms with Crippen LogP contribution in [0.1, 0.15) is 25.1 Å². The smallest absolute Gasteiger partial charge is 0.320 e. The predicted octanol–water partition coefficient (Wildman–Crippen LogP) is 1.88. The molecule has 1 atom stereocenters. The number of hydrogen-bond donors (Lipinski definition) is 4. The molecule has 7 nitrogen and oxygen atoms in total. The Balaban J connectivity index is 0.00000109. The average Bonchev–Trinajstić information content (AvgIpc) is 2.93. The average molecular weight is 348 g/mol. The van der Waals surface area contributed by atoms with Crippen LogP contribution >= 0.6 is 0 Å². The summed E-state index contributed by atoms with van der Waals surface area (Å²) in [5, 5.41) is 9.91. The largest absolute Gasteiger partial charge is 0.480 e. The Morgan fingerprint density at radius 1 is 1.36 bits per heavy atom. The zero-order chi connectivity index (χ0) is 18.6. The first-order valence-corrected chi connectivity index (χ1v) is 8.69. The highest BCUT2D eigenvalue weighted by molar-refractivity contribution is 5.98. The number of carboxylic acid groups (broad SMARTS) is 1. The van der Waals surface area contributed by atoms with Gasteiger partial charge in [-0.25, -0.2) is 0 Å². The maximum Gasteiger partial charge on any atom is 0.320 e. The van der Waals surface area contributed by atoms with Crippen molar-refractivity contribution in [2.75, 3.05) is 36.9 Å². The van der Waals surface area contributed by atoms with Gasteiger partial charge in [0.2, 0.25) is 0 Å². The van der Waals surface area contributed by atoms with E-state index in [1.165, 1.54) is 0 Å². The van der Waals surface area contributed by atoms with E-state index in [4.69, 9.17) is 21.3 Å². The molecule has 0 radical (unpaired) electrons. The van der Waals surface area contributed by atoms with Crippen LogP contribution in [0.2, 0.25) is 0 Å². The molecular weight excluding hydrogens is 320 g/mol.